The fourth-order valence-corrected chi connectivity index (χ4v) is 7.97. The molecular weight excluding hydrogens is 725 g/mol. The number of benzene rings is 1. The van der Waals surface area contributed by atoms with Gasteiger partial charge in [-0.25, -0.2) is 9.97 Å². The molecule has 0 radical (unpaired) electrons. The minimum atomic E-state index is -5.70. The molecule has 2 N–H and O–H groups in total. The number of anilines is 1. The maximum absolute atomic E-state index is 14.4. The smallest absolute Gasteiger partial charge is 0.453 e. The van der Waals surface area contributed by atoms with Crippen LogP contribution in [0.1, 0.15) is 41.6 Å². The second-order valence-electron chi connectivity index (χ2n) is 13.9. The maximum atomic E-state index is 14.4. The summed E-state index contributed by atoms with van der Waals surface area (Å²) in [6.45, 7) is 3.55. The first kappa shape index (κ1) is 35.5. The summed E-state index contributed by atoms with van der Waals surface area (Å²) in [5.74, 6) is -8.57. The van der Waals surface area contributed by atoms with Gasteiger partial charge in [-0.05, 0) is 56.2 Å². The number of fused-ring (bicyclic) bond motifs is 3. The van der Waals surface area contributed by atoms with Gasteiger partial charge in [-0.1, -0.05) is 6.92 Å². The van der Waals surface area contributed by atoms with E-state index < -0.39 is 66.2 Å². The van der Waals surface area contributed by atoms with E-state index in [1.807, 2.05) is 0 Å². The van der Waals surface area contributed by atoms with E-state index in [9.17, 15) is 41.4 Å². The maximum Gasteiger partial charge on any atom is 0.453 e. The largest absolute Gasteiger partial charge is 0.504 e. The first-order valence-electron chi connectivity index (χ1n) is 17.4. The highest BCUT2D eigenvalue weighted by Gasteiger charge is 2.71. The molecule has 3 aromatic heterocycles. The number of carbonyl (C=O) groups excluding carboxylic acids is 2. The van der Waals surface area contributed by atoms with Crippen LogP contribution in [0.5, 0.6) is 17.2 Å². The number of nitrogens with zero attached hydrogens (tertiary/aromatic N) is 8. The third-order valence-electron chi connectivity index (χ3n) is 10.8. The fraction of sp³-hybridized carbons (Fsp3) is 0.500. The van der Waals surface area contributed by atoms with Gasteiger partial charge in [-0.3, -0.25) is 14.4 Å². The van der Waals surface area contributed by atoms with Gasteiger partial charge < -0.3 is 34.3 Å². The molecule has 3 fully saturated rings. The number of piperazine rings is 1. The van der Waals surface area contributed by atoms with E-state index in [1.54, 1.807) is 36.9 Å². The average molecular weight is 760 g/mol. The minimum absolute atomic E-state index is 0.00374. The molecule has 4 aromatic rings. The van der Waals surface area contributed by atoms with Crippen molar-refractivity contribution in [3.63, 3.8) is 0 Å². The van der Waals surface area contributed by atoms with Gasteiger partial charge in [0.2, 0.25) is 18.5 Å². The quantitative estimate of drug-likeness (QED) is 0.254. The Morgan fingerprint density at radius 1 is 1.02 bits per heavy atom. The molecule has 1 unspecified atom stereocenters. The van der Waals surface area contributed by atoms with Crippen molar-refractivity contribution in [1.82, 2.24) is 39.3 Å². The predicted molar refractivity (Wildman–Crippen MR) is 177 cm³/mol. The summed E-state index contributed by atoms with van der Waals surface area (Å²) >= 11 is 0. The Kier molecular flexibility index (Phi) is 8.40. The monoisotopic (exact) mass is 759 g/mol. The fourth-order valence-electron chi connectivity index (χ4n) is 7.97. The molecule has 1 saturated heterocycles. The predicted octanol–water partition coefficient (Wildman–Crippen LogP) is 2.95. The molecule has 5 heterocycles. The van der Waals surface area contributed by atoms with E-state index in [4.69, 9.17) is 9.47 Å². The van der Waals surface area contributed by atoms with Crippen LogP contribution in [-0.2, 0) is 17.8 Å². The SMILES string of the molecule is CCc1c(N2CCN(C(=O)c3ncnc(C)c3O)CC2)c(=O)n2nc(-c3ccc4c(c3)OCO4)nc2n1CC(=O)N[C@@H]1C[C@H](C(F)(F)C(F)(F)F)[C@@H]2CC21. The van der Waals surface area contributed by atoms with Gasteiger partial charge in [0, 0.05) is 43.7 Å². The number of hydrogen-bond donors (Lipinski definition) is 2. The second-order valence-corrected chi connectivity index (χ2v) is 13.9. The molecule has 2 aliphatic heterocycles. The van der Waals surface area contributed by atoms with Crippen LogP contribution in [0, 0.1) is 24.7 Å². The lowest BCUT2D eigenvalue weighted by Crippen LogP contribution is -2.51. The molecule has 2 aliphatic carbocycles. The van der Waals surface area contributed by atoms with Gasteiger partial charge in [0.15, 0.2) is 28.8 Å². The van der Waals surface area contributed by atoms with Gasteiger partial charge in [0.05, 0.1) is 11.4 Å². The van der Waals surface area contributed by atoms with Crippen LogP contribution >= 0.6 is 0 Å². The van der Waals surface area contributed by atoms with Gasteiger partial charge >= 0.3 is 12.1 Å². The standard InChI is InChI=1S/C34H34F5N9O6/c1-3-22-27(45-6-8-46(9-7-45)30(51)26-28(50)16(2)40-14-41-26)31(52)48-32(43-29(44-48)17-4-5-23-24(10-17)54-15-53-23)47(22)13-25(49)42-21-12-20(18-11-19(18)21)33(35,36)34(37,38)39/h4-5,10,14,18-21,50H,3,6-9,11-13,15H2,1-2H3,(H,42,49)/t18-,19?,20+,21-/m1/s1. The van der Waals surface area contributed by atoms with Crippen molar-refractivity contribution in [2.24, 2.45) is 17.8 Å². The number of ether oxygens (including phenoxy) is 2. The molecule has 2 saturated carbocycles. The zero-order valence-electron chi connectivity index (χ0n) is 28.9. The Balaban J connectivity index is 1.12. The van der Waals surface area contributed by atoms with Crippen LogP contribution in [0.25, 0.3) is 17.2 Å². The normalized spacial score (nSPS) is 22.1. The molecule has 4 aliphatic rings. The lowest BCUT2D eigenvalue weighted by Gasteiger charge is -2.36. The summed E-state index contributed by atoms with van der Waals surface area (Å²) in [6, 6.07) is 4.11. The summed E-state index contributed by atoms with van der Waals surface area (Å²) in [4.78, 5) is 57.0. The summed E-state index contributed by atoms with van der Waals surface area (Å²) < 4.78 is 81.9. The number of hydrogen-bond acceptors (Lipinski definition) is 11. The lowest BCUT2D eigenvalue weighted by atomic mass is 9.94. The van der Waals surface area contributed by atoms with E-state index in [0.717, 1.165) is 4.52 Å². The van der Waals surface area contributed by atoms with E-state index in [2.05, 4.69) is 25.4 Å². The molecule has 0 bridgehead atoms. The van der Waals surface area contributed by atoms with Crippen LogP contribution < -0.4 is 25.2 Å². The van der Waals surface area contributed by atoms with Crippen LogP contribution in [0.4, 0.5) is 27.6 Å². The van der Waals surface area contributed by atoms with Gasteiger partial charge in [0.25, 0.3) is 11.5 Å². The highest BCUT2D eigenvalue weighted by Crippen LogP contribution is 2.62. The number of rotatable bonds is 8. The number of amides is 2. The number of aryl methyl sites for hydroxylation is 1. The lowest BCUT2D eigenvalue weighted by molar-refractivity contribution is -0.304. The molecule has 54 heavy (non-hydrogen) atoms. The van der Waals surface area contributed by atoms with E-state index in [0.29, 0.717) is 22.8 Å². The van der Waals surface area contributed by atoms with Crippen molar-refractivity contribution >= 4 is 23.3 Å². The van der Waals surface area contributed by atoms with Crippen molar-refractivity contribution in [3.8, 4) is 28.6 Å². The molecular formula is C34H34F5N9O6. The highest BCUT2D eigenvalue weighted by molar-refractivity contribution is 5.95. The Bertz CT molecular complexity index is 2240. The molecule has 15 nitrogen and oxygen atoms in total. The average Bonchev–Trinajstić information content (AvgIpc) is 3.43. The van der Waals surface area contributed by atoms with E-state index in [1.165, 1.54) is 15.8 Å². The Morgan fingerprint density at radius 3 is 2.48 bits per heavy atom. The molecule has 286 valence electrons. The number of alkyl halides is 5. The first-order valence-corrected chi connectivity index (χ1v) is 17.4. The Morgan fingerprint density at radius 2 is 1.76 bits per heavy atom. The van der Waals surface area contributed by atoms with Crippen molar-refractivity contribution in [2.75, 3.05) is 37.9 Å². The third kappa shape index (κ3) is 5.81. The third-order valence-corrected chi connectivity index (χ3v) is 10.8. The number of aromatic hydroxyl groups is 1. The van der Waals surface area contributed by atoms with Crippen LogP contribution in [-0.4, -0.2) is 102 Å². The van der Waals surface area contributed by atoms with E-state index in [-0.39, 0.29) is 80.2 Å². The van der Waals surface area contributed by atoms with Gasteiger partial charge in [-0.2, -0.15) is 31.5 Å². The van der Waals surface area contributed by atoms with Crippen LogP contribution in [0.15, 0.2) is 29.3 Å². The molecule has 4 atom stereocenters. The molecule has 8 rings (SSSR count). The van der Waals surface area contributed by atoms with Gasteiger partial charge in [-0.15, -0.1) is 5.10 Å². The van der Waals surface area contributed by atoms with Crippen LogP contribution in [0.2, 0.25) is 0 Å². The summed E-state index contributed by atoms with van der Waals surface area (Å²) in [5, 5.41) is 17.6. The second kappa shape index (κ2) is 12.8. The van der Waals surface area contributed by atoms with Gasteiger partial charge in [0.1, 0.15) is 18.6 Å². The molecule has 2 amide bonds. The molecule has 0 spiro atoms. The summed E-state index contributed by atoms with van der Waals surface area (Å²) in [6.07, 6.45) is -4.66. The van der Waals surface area contributed by atoms with Crippen molar-refractivity contribution in [2.45, 2.75) is 57.8 Å². The topological polar surface area (TPSA) is 169 Å². The zero-order chi connectivity index (χ0) is 38.3. The zero-order valence-corrected chi connectivity index (χ0v) is 28.9. The molecule has 1 aromatic carbocycles. The first-order chi connectivity index (χ1) is 25.7. The number of nitrogens with one attached hydrogen (secondary N) is 1. The van der Waals surface area contributed by atoms with Crippen molar-refractivity contribution in [1.29, 1.82) is 0 Å². The summed E-state index contributed by atoms with van der Waals surface area (Å²) in [5.41, 5.74) is 0.627. The number of halogens is 5. The summed E-state index contributed by atoms with van der Waals surface area (Å²) in [7, 11) is 0. The molecule has 20 heteroatoms. The highest BCUT2D eigenvalue weighted by atomic mass is 19.4. The van der Waals surface area contributed by atoms with Crippen LogP contribution in [0.3, 0.4) is 0 Å². The minimum Gasteiger partial charge on any atom is -0.504 e. The van der Waals surface area contributed by atoms with Crippen molar-refractivity contribution in [3.05, 3.63) is 52.0 Å². The van der Waals surface area contributed by atoms with Crippen molar-refractivity contribution < 1.29 is 46.1 Å². The number of carbonyl (C=O) groups is 2. The Hall–Kier alpha value is -5.56. The number of aromatic nitrogens is 6. The Labute approximate surface area is 302 Å². The van der Waals surface area contributed by atoms with E-state index >= 15 is 0 Å².